The third kappa shape index (κ3) is 4.85. The van der Waals surface area contributed by atoms with Crippen LogP contribution in [0, 0.1) is 0 Å². The summed E-state index contributed by atoms with van der Waals surface area (Å²) < 4.78 is 29.4. The van der Waals surface area contributed by atoms with Gasteiger partial charge >= 0.3 is 0 Å². The SMILES string of the molecule is CN(CC(F)F)C(=O)COC1CCNCC1. The lowest BCUT2D eigenvalue weighted by atomic mass is 10.1. The second kappa shape index (κ2) is 6.75. The molecule has 1 saturated heterocycles. The maximum Gasteiger partial charge on any atom is 0.255 e. The number of rotatable bonds is 5. The Morgan fingerprint density at radius 1 is 1.50 bits per heavy atom. The summed E-state index contributed by atoms with van der Waals surface area (Å²) in [5.41, 5.74) is 0. The molecule has 0 aromatic carbocycles. The minimum Gasteiger partial charge on any atom is -0.368 e. The summed E-state index contributed by atoms with van der Waals surface area (Å²) in [5.74, 6) is -0.390. The average molecular weight is 236 g/mol. The predicted molar refractivity (Wildman–Crippen MR) is 55.5 cm³/mol. The third-order valence-electron chi connectivity index (χ3n) is 2.57. The van der Waals surface area contributed by atoms with Gasteiger partial charge in [0.25, 0.3) is 6.43 Å². The molecule has 1 heterocycles. The maximum absolute atomic E-state index is 12.0. The van der Waals surface area contributed by atoms with E-state index >= 15 is 0 Å². The van der Waals surface area contributed by atoms with Crippen molar-refractivity contribution in [2.75, 3.05) is 33.3 Å². The number of alkyl halides is 2. The molecule has 0 radical (unpaired) electrons. The summed E-state index contributed by atoms with van der Waals surface area (Å²) in [4.78, 5) is 12.4. The Bertz CT molecular complexity index is 221. The van der Waals surface area contributed by atoms with Gasteiger partial charge in [-0.1, -0.05) is 0 Å². The number of halogens is 2. The molecule has 6 heteroatoms. The van der Waals surface area contributed by atoms with E-state index < -0.39 is 13.0 Å². The van der Waals surface area contributed by atoms with E-state index in [1.807, 2.05) is 0 Å². The summed E-state index contributed by atoms with van der Waals surface area (Å²) in [6.07, 6.45) is -0.685. The summed E-state index contributed by atoms with van der Waals surface area (Å²) in [6.45, 7) is 1.12. The quantitative estimate of drug-likeness (QED) is 0.755. The first-order chi connectivity index (χ1) is 7.59. The molecule has 1 N–H and O–H groups in total. The summed E-state index contributed by atoms with van der Waals surface area (Å²) in [7, 11) is 1.36. The summed E-state index contributed by atoms with van der Waals surface area (Å²) in [5, 5.41) is 3.18. The molecule has 0 atom stereocenters. The molecule has 16 heavy (non-hydrogen) atoms. The molecule has 0 spiro atoms. The fourth-order valence-electron chi connectivity index (χ4n) is 1.57. The molecule has 1 fully saturated rings. The van der Waals surface area contributed by atoms with Gasteiger partial charge in [0, 0.05) is 7.05 Å². The van der Waals surface area contributed by atoms with Crippen molar-refractivity contribution in [3.05, 3.63) is 0 Å². The second-order valence-corrected chi connectivity index (χ2v) is 3.93. The highest BCUT2D eigenvalue weighted by atomic mass is 19.3. The Hall–Kier alpha value is -0.750. The molecule has 94 valence electrons. The number of carbonyl (C=O) groups excluding carboxylic acids is 1. The first kappa shape index (κ1) is 13.3. The average Bonchev–Trinajstić information content (AvgIpc) is 2.26. The molecule has 0 unspecified atom stereocenters. The number of hydrogen-bond donors (Lipinski definition) is 1. The predicted octanol–water partition coefficient (Wildman–Crippen LogP) is 0.478. The van der Waals surface area contributed by atoms with Crippen molar-refractivity contribution in [2.45, 2.75) is 25.4 Å². The van der Waals surface area contributed by atoms with Crippen molar-refractivity contribution < 1.29 is 18.3 Å². The number of ether oxygens (including phenoxy) is 1. The van der Waals surface area contributed by atoms with Crippen LogP contribution in [0.3, 0.4) is 0 Å². The fourth-order valence-corrected chi connectivity index (χ4v) is 1.57. The zero-order chi connectivity index (χ0) is 12.0. The molecule has 4 nitrogen and oxygen atoms in total. The number of piperidine rings is 1. The molecule has 0 aliphatic carbocycles. The zero-order valence-corrected chi connectivity index (χ0v) is 9.42. The molecular weight excluding hydrogens is 218 g/mol. The monoisotopic (exact) mass is 236 g/mol. The summed E-state index contributed by atoms with van der Waals surface area (Å²) >= 11 is 0. The number of likely N-dealkylation sites (N-methyl/N-ethyl adjacent to an activating group) is 1. The van der Waals surface area contributed by atoms with Crippen molar-refractivity contribution in [1.82, 2.24) is 10.2 Å². The van der Waals surface area contributed by atoms with Crippen LogP contribution in [0.1, 0.15) is 12.8 Å². The molecule has 0 saturated carbocycles. The van der Waals surface area contributed by atoms with Crippen molar-refractivity contribution in [2.24, 2.45) is 0 Å². The van der Waals surface area contributed by atoms with Crippen LogP contribution in [-0.2, 0) is 9.53 Å². The van der Waals surface area contributed by atoms with Crippen LogP contribution in [0.2, 0.25) is 0 Å². The lowest BCUT2D eigenvalue weighted by Gasteiger charge is -2.24. The number of hydrogen-bond acceptors (Lipinski definition) is 3. The highest BCUT2D eigenvalue weighted by molar-refractivity contribution is 5.77. The van der Waals surface area contributed by atoms with Crippen LogP contribution >= 0.6 is 0 Å². The number of carbonyl (C=O) groups is 1. The van der Waals surface area contributed by atoms with E-state index in [4.69, 9.17) is 4.74 Å². The van der Waals surface area contributed by atoms with Crippen LogP contribution in [0.25, 0.3) is 0 Å². The number of amides is 1. The lowest BCUT2D eigenvalue weighted by Crippen LogP contribution is -2.37. The lowest BCUT2D eigenvalue weighted by molar-refractivity contribution is -0.139. The molecule has 0 aromatic rings. The number of nitrogens with zero attached hydrogens (tertiary/aromatic N) is 1. The van der Waals surface area contributed by atoms with E-state index in [9.17, 15) is 13.6 Å². The normalized spacial score (nSPS) is 17.8. The second-order valence-electron chi connectivity index (χ2n) is 3.93. The minimum atomic E-state index is -2.49. The Balaban J connectivity index is 2.17. The van der Waals surface area contributed by atoms with Crippen LogP contribution in [0.5, 0.6) is 0 Å². The van der Waals surface area contributed by atoms with Crippen molar-refractivity contribution in [3.8, 4) is 0 Å². The van der Waals surface area contributed by atoms with E-state index in [2.05, 4.69) is 5.32 Å². The molecule has 1 aliphatic rings. The minimum absolute atomic E-state index is 0.0742. The van der Waals surface area contributed by atoms with Gasteiger partial charge in [0.05, 0.1) is 12.6 Å². The van der Waals surface area contributed by atoms with E-state index in [0.29, 0.717) is 0 Å². The van der Waals surface area contributed by atoms with Crippen LogP contribution in [0.15, 0.2) is 0 Å². The first-order valence-corrected chi connectivity index (χ1v) is 5.44. The van der Waals surface area contributed by atoms with E-state index in [1.54, 1.807) is 0 Å². The van der Waals surface area contributed by atoms with Gasteiger partial charge in [-0.15, -0.1) is 0 Å². The van der Waals surface area contributed by atoms with Gasteiger partial charge in [0.2, 0.25) is 5.91 Å². The Morgan fingerprint density at radius 2 is 2.12 bits per heavy atom. The number of nitrogens with one attached hydrogen (secondary N) is 1. The molecular formula is C10H18F2N2O2. The first-order valence-electron chi connectivity index (χ1n) is 5.44. The van der Waals surface area contributed by atoms with E-state index in [1.165, 1.54) is 7.05 Å². The zero-order valence-electron chi connectivity index (χ0n) is 9.42. The van der Waals surface area contributed by atoms with Crippen LogP contribution in [0.4, 0.5) is 8.78 Å². The summed E-state index contributed by atoms with van der Waals surface area (Å²) in [6, 6.07) is 0. The third-order valence-corrected chi connectivity index (χ3v) is 2.57. The largest absolute Gasteiger partial charge is 0.368 e. The van der Waals surface area contributed by atoms with Crippen molar-refractivity contribution >= 4 is 5.91 Å². The molecule has 0 aromatic heterocycles. The van der Waals surface area contributed by atoms with Crippen LogP contribution < -0.4 is 5.32 Å². The molecule has 1 amide bonds. The van der Waals surface area contributed by atoms with E-state index in [0.717, 1.165) is 30.8 Å². The van der Waals surface area contributed by atoms with Gasteiger partial charge in [-0.3, -0.25) is 4.79 Å². The highest BCUT2D eigenvalue weighted by Gasteiger charge is 2.18. The Labute approximate surface area is 93.9 Å². The fraction of sp³-hybridized carbons (Fsp3) is 0.900. The smallest absolute Gasteiger partial charge is 0.255 e. The Kier molecular flexibility index (Phi) is 5.62. The molecule has 0 bridgehead atoms. The van der Waals surface area contributed by atoms with Gasteiger partial charge < -0.3 is 15.0 Å². The molecule has 1 aliphatic heterocycles. The van der Waals surface area contributed by atoms with Gasteiger partial charge in [0.1, 0.15) is 6.61 Å². The van der Waals surface area contributed by atoms with E-state index in [-0.39, 0.29) is 18.6 Å². The van der Waals surface area contributed by atoms with Crippen LogP contribution in [-0.4, -0.2) is 56.6 Å². The highest BCUT2D eigenvalue weighted by Crippen LogP contribution is 2.07. The maximum atomic E-state index is 12.0. The van der Waals surface area contributed by atoms with Gasteiger partial charge in [-0.25, -0.2) is 8.78 Å². The van der Waals surface area contributed by atoms with Crippen molar-refractivity contribution in [1.29, 1.82) is 0 Å². The van der Waals surface area contributed by atoms with Gasteiger partial charge in [0.15, 0.2) is 0 Å². The van der Waals surface area contributed by atoms with Crippen molar-refractivity contribution in [3.63, 3.8) is 0 Å². The van der Waals surface area contributed by atoms with Gasteiger partial charge in [-0.2, -0.15) is 0 Å². The topological polar surface area (TPSA) is 41.6 Å². The standard InChI is InChI=1S/C10H18F2N2O2/c1-14(6-9(11)12)10(15)7-16-8-2-4-13-5-3-8/h8-9,13H,2-7H2,1H3. The van der Waals surface area contributed by atoms with Gasteiger partial charge in [-0.05, 0) is 25.9 Å². The molecule has 1 rings (SSSR count). The Morgan fingerprint density at radius 3 is 2.69 bits per heavy atom.